The van der Waals surface area contributed by atoms with Crippen molar-refractivity contribution in [2.24, 2.45) is 0 Å². The molecule has 2 heterocycles. The molecule has 0 aromatic heterocycles. The molecule has 1 atom stereocenters. The van der Waals surface area contributed by atoms with Crippen LogP contribution in [0, 0.1) is 0 Å². The van der Waals surface area contributed by atoms with E-state index in [0.29, 0.717) is 13.0 Å². The second-order valence-corrected chi connectivity index (χ2v) is 6.54. The molecule has 2 saturated heterocycles. The van der Waals surface area contributed by atoms with E-state index >= 15 is 0 Å². The van der Waals surface area contributed by atoms with Crippen LogP contribution in [0.25, 0.3) is 0 Å². The van der Waals surface area contributed by atoms with Gasteiger partial charge >= 0.3 is 0 Å². The number of rotatable bonds is 1. The highest BCUT2D eigenvalue weighted by Gasteiger charge is 2.45. The van der Waals surface area contributed by atoms with Gasteiger partial charge in [0.25, 0.3) is 0 Å². The number of nitrogens with zero attached hydrogens (tertiary/aromatic N) is 2. The van der Waals surface area contributed by atoms with Crippen LogP contribution in [0.1, 0.15) is 58.3 Å². The summed E-state index contributed by atoms with van der Waals surface area (Å²) < 4.78 is 0. The zero-order valence-electron chi connectivity index (χ0n) is 11.9. The van der Waals surface area contributed by atoms with Crippen molar-refractivity contribution in [1.29, 1.82) is 0 Å². The molecule has 0 spiro atoms. The zero-order chi connectivity index (χ0) is 13.5. The highest BCUT2D eigenvalue weighted by atomic mass is 16.2. The molecule has 0 aromatic carbocycles. The van der Waals surface area contributed by atoms with Gasteiger partial charge in [-0.2, -0.15) is 0 Å². The van der Waals surface area contributed by atoms with Crippen LogP contribution in [-0.4, -0.2) is 46.3 Å². The molecule has 0 N–H and O–H groups in total. The fourth-order valence-electron chi connectivity index (χ4n) is 4.07. The van der Waals surface area contributed by atoms with Gasteiger partial charge in [-0.1, -0.05) is 12.8 Å². The SMILES string of the molecule is CC1(N2CCC(=O)N3CCCCC3C2=O)CCCC1. The van der Waals surface area contributed by atoms with Gasteiger partial charge in [0.2, 0.25) is 11.8 Å². The first-order valence-electron chi connectivity index (χ1n) is 7.73. The first kappa shape index (κ1) is 12.9. The molecule has 2 aliphatic heterocycles. The molecule has 4 nitrogen and oxygen atoms in total. The average molecular weight is 264 g/mol. The number of carbonyl (C=O) groups excluding carboxylic acids is 2. The Labute approximate surface area is 115 Å². The molecule has 1 aliphatic carbocycles. The third-order valence-corrected chi connectivity index (χ3v) is 5.26. The van der Waals surface area contributed by atoms with Crippen LogP contribution in [0.3, 0.4) is 0 Å². The van der Waals surface area contributed by atoms with Crippen molar-refractivity contribution in [3.05, 3.63) is 0 Å². The molecule has 1 unspecified atom stereocenters. The number of hydrogen-bond donors (Lipinski definition) is 0. The minimum absolute atomic E-state index is 0.00478. The van der Waals surface area contributed by atoms with Gasteiger partial charge in [-0.25, -0.2) is 0 Å². The average Bonchev–Trinajstić information content (AvgIpc) is 2.81. The van der Waals surface area contributed by atoms with Crippen LogP contribution < -0.4 is 0 Å². The summed E-state index contributed by atoms with van der Waals surface area (Å²) in [6.45, 7) is 3.61. The van der Waals surface area contributed by atoms with Gasteiger partial charge in [-0.05, 0) is 39.0 Å². The number of carbonyl (C=O) groups is 2. The predicted octanol–water partition coefficient (Wildman–Crippen LogP) is 1.93. The first-order valence-corrected chi connectivity index (χ1v) is 7.73. The Hall–Kier alpha value is -1.06. The van der Waals surface area contributed by atoms with Crippen LogP contribution in [0.4, 0.5) is 0 Å². The van der Waals surface area contributed by atoms with Crippen molar-refractivity contribution in [2.75, 3.05) is 13.1 Å². The second kappa shape index (κ2) is 4.80. The number of piperidine rings is 1. The Kier molecular flexibility index (Phi) is 3.27. The van der Waals surface area contributed by atoms with Gasteiger partial charge in [0.1, 0.15) is 6.04 Å². The van der Waals surface area contributed by atoms with Crippen molar-refractivity contribution in [1.82, 2.24) is 9.80 Å². The van der Waals surface area contributed by atoms with Crippen molar-refractivity contribution >= 4 is 11.8 Å². The summed E-state index contributed by atoms with van der Waals surface area (Å²) in [5, 5.41) is 0. The summed E-state index contributed by atoms with van der Waals surface area (Å²) in [6.07, 6.45) is 8.11. The van der Waals surface area contributed by atoms with Crippen molar-refractivity contribution < 1.29 is 9.59 Å². The number of amides is 2. The maximum absolute atomic E-state index is 12.8. The topological polar surface area (TPSA) is 40.6 Å². The fraction of sp³-hybridized carbons (Fsp3) is 0.867. The normalized spacial score (nSPS) is 31.3. The van der Waals surface area contributed by atoms with Gasteiger partial charge in [0.15, 0.2) is 0 Å². The summed E-state index contributed by atoms with van der Waals surface area (Å²) in [5.74, 6) is 0.400. The third-order valence-electron chi connectivity index (χ3n) is 5.26. The molecule has 0 bridgehead atoms. The van der Waals surface area contributed by atoms with E-state index in [-0.39, 0.29) is 23.4 Å². The monoisotopic (exact) mass is 264 g/mol. The maximum Gasteiger partial charge on any atom is 0.245 e. The second-order valence-electron chi connectivity index (χ2n) is 6.54. The Balaban J connectivity index is 1.86. The molecule has 106 valence electrons. The third kappa shape index (κ3) is 2.15. The lowest BCUT2D eigenvalue weighted by Gasteiger charge is -2.41. The van der Waals surface area contributed by atoms with Crippen LogP contribution in [0.15, 0.2) is 0 Å². The van der Waals surface area contributed by atoms with Gasteiger partial charge in [0, 0.05) is 25.0 Å². The van der Waals surface area contributed by atoms with Crippen LogP contribution in [0.2, 0.25) is 0 Å². The molecule has 0 aromatic rings. The zero-order valence-corrected chi connectivity index (χ0v) is 11.9. The molecule has 3 aliphatic rings. The molecule has 0 radical (unpaired) electrons. The summed E-state index contributed by atoms with van der Waals surface area (Å²) in [6, 6.07) is -0.166. The van der Waals surface area contributed by atoms with Crippen LogP contribution in [0.5, 0.6) is 0 Å². The van der Waals surface area contributed by atoms with Crippen molar-refractivity contribution in [3.63, 3.8) is 0 Å². The molecular weight excluding hydrogens is 240 g/mol. The molecular formula is C15H24N2O2. The highest BCUT2D eigenvalue weighted by molar-refractivity contribution is 5.90. The number of hydrogen-bond acceptors (Lipinski definition) is 2. The Morgan fingerprint density at radius 3 is 2.53 bits per heavy atom. The highest BCUT2D eigenvalue weighted by Crippen LogP contribution is 2.37. The minimum Gasteiger partial charge on any atom is -0.335 e. The molecule has 3 fully saturated rings. The standard InChI is InChI=1S/C15H24N2O2/c1-15(8-3-4-9-15)17-11-7-13(18)16-10-5-2-6-12(16)14(17)19/h12H,2-11H2,1H3. The van der Waals surface area contributed by atoms with Crippen molar-refractivity contribution in [3.8, 4) is 0 Å². The Bertz CT molecular complexity index is 388. The van der Waals surface area contributed by atoms with Gasteiger partial charge in [-0.3, -0.25) is 9.59 Å². The summed E-state index contributed by atoms with van der Waals surface area (Å²) in [7, 11) is 0. The predicted molar refractivity (Wildman–Crippen MR) is 72.6 cm³/mol. The van der Waals surface area contributed by atoms with E-state index in [9.17, 15) is 9.59 Å². The van der Waals surface area contributed by atoms with Crippen LogP contribution in [-0.2, 0) is 9.59 Å². The van der Waals surface area contributed by atoms with Gasteiger partial charge in [0.05, 0.1) is 0 Å². The van der Waals surface area contributed by atoms with E-state index < -0.39 is 0 Å². The van der Waals surface area contributed by atoms with Crippen LogP contribution >= 0.6 is 0 Å². The van der Waals surface area contributed by atoms with E-state index in [1.165, 1.54) is 12.8 Å². The minimum atomic E-state index is -0.166. The Morgan fingerprint density at radius 1 is 1.05 bits per heavy atom. The fourth-order valence-corrected chi connectivity index (χ4v) is 4.07. The first-order chi connectivity index (χ1) is 9.12. The maximum atomic E-state index is 12.8. The summed E-state index contributed by atoms with van der Waals surface area (Å²) in [5.41, 5.74) is 0.00478. The smallest absolute Gasteiger partial charge is 0.245 e. The van der Waals surface area contributed by atoms with E-state index in [1.54, 1.807) is 0 Å². The largest absolute Gasteiger partial charge is 0.335 e. The number of fused-ring (bicyclic) bond motifs is 1. The quantitative estimate of drug-likeness (QED) is 0.726. The summed E-state index contributed by atoms with van der Waals surface area (Å²) in [4.78, 5) is 29.0. The lowest BCUT2D eigenvalue weighted by atomic mass is 9.95. The van der Waals surface area contributed by atoms with E-state index in [4.69, 9.17) is 0 Å². The molecule has 19 heavy (non-hydrogen) atoms. The van der Waals surface area contributed by atoms with Crippen molar-refractivity contribution in [2.45, 2.75) is 69.9 Å². The molecule has 3 rings (SSSR count). The van der Waals surface area contributed by atoms with E-state index in [2.05, 4.69) is 6.92 Å². The van der Waals surface area contributed by atoms with E-state index in [1.807, 2.05) is 9.80 Å². The Morgan fingerprint density at radius 2 is 1.79 bits per heavy atom. The molecule has 2 amide bonds. The van der Waals surface area contributed by atoms with Gasteiger partial charge < -0.3 is 9.80 Å². The lowest BCUT2D eigenvalue weighted by molar-refractivity contribution is -0.146. The van der Waals surface area contributed by atoms with E-state index in [0.717, 1.165) is 38.6 Å². The lowest BCUT2D eigenvalue weighted by Crippen LogP contribution is -2.55. The molecule has 4 heteroatoms. The molecule has 1 saturated carbocycles. The summed E-state index contributed by atoms with van der Waals surface area (Å²) >= 11 is 0. The van der Waals surface area contributed by atoms with Gasteiger partial charge in [-0.15, -0.1) is 0 Å².